The molecular weight excluding hydrogens is 341 g/mol. The van der Waals surface area contributed by atoms with E-state index in [4.69, 9.17) is 0 Å². The number of halogens is 1. The van der Waals surface area contributed by atoms with Gasteiger partial charge in [0.2, 0.25) is 0 Å². The summed E-state index contributed by atoms with van der Waals surface area (Å²) in [6.45, 7) is 3.75. The standard InChI is InChI=1S/C17H14FN5OS/c1-9-7-15(21-20-9)19-16(24)14-8-13-10(2)22-23(17(13)25-14)12-5-3-11(18)4-6-12/h3-8H,1-2H3,(H2,19,20,21,24). The first-order chi connectivity index (χ1) is 12.0. The molecule has 2 N–H and O–H groups in total. The number of aromatic nitrogens is 4. The van der Waals surface area contributed by atoms with Crippen molar-refractivity contribution in [3.63, 3.8) is 0 Å². The number of amides is 1. The van der Waals surface area contributed by atoms with Gasteiger partial charge in [-0.1, -0.05) is 0 Å². The molecule has 4 rings (SSSR count). The number of carbonyl (C=O) groups excluding carboxylic acids is 1. The lowest BCUT2D eigenvalue weighted by Gasteiger charge is -2.02. The van der Waals surface area contributed by atoms with E-state index in [0.29, 0.717) is 10.7 Å². The lowest BCUT2D eigenvalue weighted by molar-refractivity contribution is 0.103. The van der Waals surface area contributed by atoms with Gasteiger partial charge in [0.05, 0.1) is 16.3 Å². The van der Waals surface area contributed by atoms with E-state index >= 15 is 0 Å². The van der Waals surface area contributed by atoms with Crippen molar-refractivity contribution in [3.05, 3.63) is 58.5 Å². The van der Waals surface area contributed by atoms with E-state index in [1.54, 1.807) is 22.9 Å². The van der Waals surface area contributed by atoms with Crippen LogP contribution in [0.15, 0.2) is 36.4 Å². The molecule has 0 aliphatic rings. The fraction of sp³-hybridized carbons (Fsp3) is 0.118. The Labute approximate surface area is 146 Å². The second kappa shape index (κ2) is 5.82. The molecule has 1 aromatic carbocycles. The van der Waals surface area contributed by atoms with Crippen molar-refractivity contribution in [2.45, 2.75) is 13.8 Å². The molecule has 0 aliphatic heterocycles. The van der Waals surface area contributed by atoms with Crippen LogP contribution in [0.3, 0.4) is 0 Å². The molecule has 0 unspecified atom stereocenters. The van der Waals surface area contributed by atoms with Crippen molar-refractivity contribution < 1.29 is 9.18 Å². The first-order valence-corrected chi connectivity index (χ1v) is 8.41. The van der Waals surface area contributed by atoms with E-state index in [-0.39, 0.29) is 11.7 Å². The Morgan fingerprint density at radius 3 is 2.68 bits per heavy atom. The summed E-state index contributed by atoms with van der Waals surface area (Å²) in [5.41, 5.74) is 2.43. The average Bonchev–Trinajstić information content (AvgIpc) is 3.26. The average molecular weight is 355 g/mol. The third kappa shape index (κ3) is 2.80. The van der Waals surface area contributed by atoms with Crippen LogP contribution in [0.2, 0.25) is 0 Å². The van der Waals surface area contributed by atoms with Crippen LogP contribution in [0.25, 0.3) is 15.9 Å². The quantitative estimate of drug-likeness (QED) is 0.587. The third-order valence-corrected chi connectivity index (χ3v) is 4.90. The summed E-state index contributed by atoms with van der Waals surface area (Å²) in [7, 11) is 0. The fourth-order valence-electron chi connectivity index (χ4n) is 2.58. The lowest BCUT2D eigenvalue weighted by atomic mass is 10.3. The van der Waals surface area contributed by atoms with Gasteiger partial charge in [0.15, 0.2) is 5.82 Å². The molecule has 0 saturated heterocycles. The van der Waals surface area contributed by atoms with E-state index in [1.165, 1.54) is 23.5 Å². The predicted octanol–water partition coefficient (Wildman–Crippen LogP) is 3.82. The smallest absolute Gasteiger partial charge is 0.267 e. The number of rotatable bonds is 3. The first kappa shape index (κ1) is 15.5. The van der Waals surface area contributed by atoms with Crippen LogP contribution in [0.4, 0.5) is 10.2 Å². The summed E-state index contributed by atoms with van der Waals surface area (Å²) >= 11 is 1.33. The molecule has 4 aromatic rings. The predicted molar refractivity (Wildman–Crippen MR) is 94.9 cm³/mol. The van der Waals surface area contributed by atoms with Crippen LogP contribution in [-0.4, -0.2) is 25.9 Å². The Hall–Kier alpha value is -3.00. The number of hydrogen-bond acceptors (Lipinski definition) is 4. The van der Waals surface area contributed by atoms with Gasteiger partial charge in [-0.2, -0.15) is 10.2 Å². The Balaban J connectivity index is 1.71. The van der Waals surface area contributed by atoms with E-state index < -0.39 is 0 Å². The van der Waals surface area contributed by atoms with Crippen molar-refractivity contribution in [1.82, 2.24) is 20.0 Å². The van der Waals surface area contributed by atoms with Gasteiger partial charge in [-0.25, -0.2) is 9.07 Å². The highest BCUT2D eigenvalue weighted by molar-refractivity contribution is 7.20. The number of aromatic amines is 1. The van der Waals surface area contributed by atoms with E-state index in [1.807, 2.05) is 19.9 Å². The van der Waals surface area contributed by atoms with E-state index in [2.05, 4.69) is 20.6 Å². The minimum Gasteiger partial charge on any atom is -0.304 e. The van der Waals surface area contributed by atoms with Gasteiger partial charge >= 0.3 is 0 Å². The molecule has 6 nitrogen and oxygen atoms in total. The topological polar surface area (TPSA) is 75.6 Å². The number of fused-ring (bicyclic) bond motifs is 1. The number of H-pyrrole nitrogens is 1. The van der Waals surface area contributed by atoms with Gasteiger partial charge < -0.3 is 5.32 Å². The van der Waals surface area contributed by atoms with Crippen molar-refractivity contribution in [3.8, 4) is 5.69 Å². The Bertz CT molecular complexity index is 1080. The zero-order valence-corrected chi connectivity index (χ0v) is 14.3. The summed E-state index contributed by atoms with van der Waals surface area (Å²) in [6, 6.07) is 9.67. The van der Waals surface area contributed by atoms with Gasteiger partial charge in [-0.3, -0.25) is 9.89 Å². The molecule has 0 bridgehead atoms. The van der Waals surface area contributed by atoms with Crippen LogP contribution in [0.1, 0.15) is 21.1 Å². The highest BCUT2D eigenvalue weighted by Gasteiger charge is 2.18. The van der Waals surface area contributed by atoms with Gasteiger partial charge in [-0.05, 0) is 44.2 Å². The van der Waals surface area contributed by atoms with Crippen molar-refractivity contribution in [1.29, 1.82) is 0 Å². The summed E-state index contributed by atoms with van der Waals surface area (Å²) in [5.74, 6) is -0.0426. The van der Waals surface area contributed by atoms with Gasteiger partial charge in [0, 0.05) is 17.1 Å². The Morgan fingerprint density at radius 1 is 1.24 bits per heavy atom. The maximum Gasteiger partial charge on any atom is 0.267 e. The minimum atomic E-state index is -0.301. The highest BCUT2D eigenvalue weighted by atomic mass is 32.1. The minimum absolute atomic E-state index is 0.224. The SMILES string of the molecule is Cc1cc(NC(=O)c2cc3c(C)nn(-c4ccc(F)cc4)c3s2)n[nH]1. The van der Waals surface area contributed by atoms with E-state index in [9.17, 15) is 9.18 Å². The zero-order chi connectivity index (χ0) is 17.6. The van der Waals surface area contributed by atoms with Gasteiger partial charge in [0.25, 0.3) is 5.91 Å². The molecule has 3 aromatic heterocycles. The normalized spacial score (nSPS) is 11.2. The number of nitrogens with zero attached hydrogens (tertiary/aromatic N) is 3. The van der Waals surface area contributed by atoms with Crippen LogP contribution < -0.4 is 5.32 Å². The molecule has 8 heteroatoms. The number of benzene rings is 1. The molecule has 0 saturated carbocycles. The number of thiophene rings is 1. The second-order valence-electron chi connectivity index (χ2n) is 5.69. The van der Waals surface area contributed by atoms with Crippen molar-refractivity contribution in [2.75, 3.05) is 5.32 Å². The van der Waals surface area contributed by atoms with Crippen LogP contribution in [0.5, 0.6) is 0 Å². The number of aryl methyl sites for hydroxylation is 2. The van der Waals surface area contributed by atoms with E-state index in [0.717, 1.165) is 27.3 Å². The van der Waals surface area contributed by atoms with Crippen LogP contribution in [0, 0.1) is 19.7 Å². The molecule has 126 valence electrons. The molecule has 1 amide bonds. The third-order valence-electron chi connectivity index (χ3n) is 3.79. The van der Waals surface area contributed by atoms with Crippen LogP contribution in [-0.2, 0) is 0 Å². The van der Waals surface area contributed by atoms with Crippen molar-refractivity contribution >= 4 is 33.3 Å². The largest absolute Gasteiger partial charge is 0.304 e. The molecule has 3 heterocycles. The molecule has 25 heavy (non-hydrogen) atoms. The fourth-order valence-corrected chi connectivity index (χ4v) is 3.65. The first-order valence-electron chi connectivity index (χ1n) is 7.60. The van der Waals surface area contributed by atoms with Gasteiger partial charge in [0.1, 0.15) is 10.6 Å². The lowest BCUT2D eigenvalue weighted by Crippen LogP contribution is -2.10. The molecule has 0 radical (unpaired) electrons. The number of hydrogen-bond donors (Lipinski definition) is 2. The van der Waals surface area contributed by atoms with Gasteiger partial charge in [-0.15, -0.1) is 11.3 Å². The maximum atomic E-state index is 13.2. The number of carbonyl (C=O) groups is 1. The molecule has 0 atom stereocenters. The van der Waals surface area contributed by atoms with Crippen molar-refractivity contribution in [2.24, 2.45) is 0 Å². The maximum absolute atomic E-state index is 13.2. The molecule has 0 aliphatic carbocycles. The summed E-state index contributed by atoms with van der Waals surface area (Å²) < 4.78 is 14.9. The molecule has 0 spiro atoms. The molecular formula is C17H14FN5OS. The Morgan fingerprint density at radius 2 is 2.00 bits per heavy atom. The number of anilines is 1. The zero-order valence-electron chi connectivity index (χ0n) is 13.5. The Kier molecular flexibility index (Phi) is 3.61. The summed E-state index contributed by atoms with van der Waals surface area (Å²) in [4.78, 5) is 13.9. The summed E-state index contributed by atoms with van der Waals surface area (Å²) in [5, 5.41) is 15.0. The second-order valence-corrected chi connectivity index (χ2v) is 6.72. The summed E-state index contributed by atoms with van der Waals surface area (Å²) in [6.07, 6.45) is 0. The monoisotopic (exact) mass is 355 g/mol. The van der Waals surface area contributed by atoms with Crippen LogP contribution >= 0.6 is 11.3 Å². The highest BCUT2D eigenvalue weighted by Crippen LogP contribution is 2.30. The molecule has 0 fully saturated rings. The number of nitrogens with one attached hydrogen (secondary N) is 2.